The molecule has 2 atom stereocenters. The minimum atomic E-state index is 0.00270. The van der Waals surface area contributed by atoms with Gasteiger partial charge in [0.15, 0.2) is 11.5 Å². The van der Waals surface area contributed by atoms with Crippen LogP contribution in [0.2, 0.25) is 0 Å². The smallest absolute Gasteiger partial charge is 0.274 e. The molecule has 2 bridgehead atoms. The molecule has 28 heavy (non-hydrogen) atoms. The van der Waals surface area contributed by atoms with Crippen molar-refractivity contribution in [2.75, 3.05) is 44.7 Å². The van der Waals surface area contributed by atoms with E-state index in [0.717, 1.165) is 56.8 Å². The third-order valence-corrected chi connectivity index (χ3v) is 7.31. The summed E-state index contributed by atoms with van der Waals surface area (Å²) >= 11 is 0. The summed E-state index contributed by atoms with van der Waals surface area (Å²) in [6.45, 7) is 6.95. The number of hydrogen-bond acceptors (Lipinski definition) is 5. The molecule has 1 amide bonds. The molecule has 154 valence electrons. The minimum absolute atomic E-state index is 0.00270. The van der Waals surface area contributed by atoms with E-state index in [4.69, 9.17) is 0 Å². The van der Waals surface area contributed by atoms with Crippen LogP contribution in [-0.2, 0) is 0 Å². The van der Waals surface area contributed by atoms with Crippen molar-refractivity contribution < 1.29 is 4.79 Å². The van der Waals surface area contributed by atoms with Gasteiger partial charge in [-0.1, -0.05) is 26.2 Å². The topological polar surface area (TPSA) is 61.4 Å². The van der Waals surface area contributed by atoms with Gasteiger partial charge < -0.3 is 15.1 Å². The van der Waals surface area contributed by atoms with Crippen LogP contribution in [0.4, 0.5) is 5.82 Å². The number of aromatic nitrogens is 2. The molecule has 0 spiro atoms. The fourth-order valence-corrected chi connectivity index (χ4v) is 5.88. The van der Waals surface area contributed by atoms with Gasteiger partial charge in [-0.15, -0.1) is 10.2 Å². The van der Waals surface area contributed by atoms with E-state index in [1.165, 1.54) is 38.5 Å². The highest BCUT2D eigenvalue weighted by molar-refractivity contribution is 5.92. The van der Waals surface area contributed by atoms with Crippen LogP contribution in [0.25, 0.3) is 0 Å². The monoisotopic (exact) mass is 385 g/mol. The third kappa shape index (κ3) is 4.17. The van der Waals surface area contributed by atoms with Crippen molar-refractivity contribution in [2.45, 2.75) is 51.9 Å². The highest BCUT2D eigenvalue weighted by Crippen LogP contribution is 2.50. The molecule has 6 heteroatoms. The van der Waals surface area contributed by atoms with Crippen molar-refractivity contribution in [3.8, 4) is 0 Å². The first-order valence-corrected chi connectivity index (χ1v) is 11.1. The summed E-state index contributed by atoms with van der Waals surface area (Å²) in [7, 11) is 1.94. The van der Waals surface area contributed by atoms with E-state index >= 15 is 0 Å². The van der Waals surface area contributed by atoms with Crippen LogP contribution in [0, 0.1) is 17.3 Å². The Morgan fingerprint density at radius 3 is 2.54 bits per heavy atom. The van der Waals surface area contributed by atoms with Gasteiger partial charge in [0.25, 0.3) is 5.91 Å². The molecule has 2 heterocycles. The van der Waals surface area contributed by atoms with Gasteiger partial charge in [-0.3, -0.25) is 4.79 Å². The Hall–Kier alpha value is -1.69. The van der Waals surface area contributed by atoms with E-state index in [1.807, 2.05) is 24.1 Å². The van der Waals surface area contributed by atoms with Gasteiger partial charge in [-0.25, -0.2) is 0 Å². The summed E-state index contributed by atoms with van der Waals surface area (Å²) in [5.74, 6) is 2.61. The van der Waals surface area contributed by atoms with Gasteiger partial charge in [-0.2, -0.15) is 0 Å². The standard InChI is InChI=1S/C22H35N5O/c1-3-22(14-17-5-4-6-18(13-17)15-22)16-26(2)21(28)19-7-8-20(25-24-19)27-11-9-23-10-12-27/h7-8,17-18,23H,3-6,9-16H2,1-2H3. The predicted octanol–water partition coefficient (Wildman–Crippen LogP) is 2.95. The van der Waals surface area contributed by atoms with Crippen molar-refractivity contribution in [3.63, 3.8) is 0 Å². The highest BCUT2D eigenvalue weighted by atomic mass is 16.2. The molecule has 4 rings (SSSR count). The Morgan fingerprint density at radius 1 is 1.21 bits per heavy atom. The molecule has 1 aromatic rings. The van der Waals surface area contributed by atoms with E-state index in [2.05, 4.69) is 27.3 Å². The van der Waals surface area contributed by atoms with E-state index < -0.39 is 0 Å². The van der Waals surface area contributed by atoms with Crippen LogP contribution >= 0.6 is 0 Å². The second-order valence-corrected chi connectivity index (χ2v) is 9.34. The quantitative estimate of drug-likeness (QED) is 0.844. The Labute approximate surface area is 169 Å². The number of amides is 1. The number of nitrogens with zero attached hydrogens (tertiary/aromatic N) is 4. The zero-order valence-corrected chi connectivity index (χ0v) is 17.5. The largest absolute Gasteiger partial charge is 0.353 e. The van der Waals surface area contributed by atoms with Crippen LogP contribution in [0.1, 0.15) is 62.4 Å². The van der Waals surface area contributed by atoms with E-state index in [-0.39, 0.29) is 11.3 Å². The van der Waals surface area contributed by atoms with Gasteiger partial charge in [0.2, 0.25) is 0 Å². The van der Waals surface area contributed by atoms with Crippen LogP contribution < -0.4 is 10.2 Å². The molecular formula is C22H35N5O. The van der Waals surface area contributed by atoms with Crippen molar-refractivity contribution in [3.05, 3.63) is 17.8 Å². The number of carbonyl (C=O) groups is 1. The molecule has 1 aliphatic heterocycles. The molecule has 2 aliphatic carbocycles. The van der Waals surface area contributed by atoms with Crippen LogP contribution in [-0.4, -0.2) is 60.8 Å². The van der Waals surface area contributed by atoms with Gasteiger partial charge in [0.1, 0.15) is 0 Å². The zero-order chi connectivity index (χ0) is 19.6. The molecule has 1 aromatic heterocycles. The Kier molecular flexibility index (Phi) is 5.85. The number of fused-ring (bicyclic) bond motifs is 2. The summed E-state index contributed by atoms with van der Waals surface area (Å²) in [5.41, 5.74) is 0.746. The molecule has 0 aromatic carbocycles. The lowest BCUT2D eigenvalue weighted by Gasteiger charge is -2.48. The number of hydrogen-bond donors (Lipinski definition) is 1. The second-order valence-electron chi connectivity index (χ2n) is 9.34. The van der Waals surface area contributed by atoms with Crippen molar-refractivity contribution in [1.29, 1.82) is 0 Å². The molecule has 2 unspecified atom stereocenters. The average Bonchev–Trinajstić information content (AvgIpc) is 2.73. The molecule has 2 saturated carbocycles. The number of rotatable bonds is 5. The molecule has 1 saturated heterocycles. The van der Waals surface area contributed by atoms with Crippen LogP contribution in [0.3, 0.4) is 0 Å². The first-order valence-electron chi connectivity index (χ1n) is 11.1. The maximum Gasteiger partial charge on any atom is 0.274 e. The zero-order valence-electron chi connectivity index (χ0n) is 17.5. The Balaban J connectivity index is 1.41. The molecule has 0 radical (unpaired) electrons. The number of nitrogens with one attached hydrogen (secondary N) is 1. The van der Waals surface area contributed by atoms with Gasteiger partial charge >= 0.3 is 0 Å². The summed E-state index contributed by atoms with van der Waals surface area (Å²) in [4.78, 5) is 17.1. The van der Waals surface area contributed by atoms with Gasteiger partial charge in [0.05, 0.1) is 0 Å². The lowest BCUT2D eigenvalue weighted by Crippen LogP contribution is -2.45. The predicted molar refractivity (Wildman–Crippen MR) is 111 cm³/mol. The van der Waals surface area contributed by atoms with Crippen LogP contribution in [0.5, 0.6) is 0 Å². The summed E-state index contributed by atoms with van der Waals surface area (Å²) in [5, 5.41) is 11.9. The highest BCUT2D eigenvalue weighted by Gasteiger charge is 2.42. The Bertz CT molecular complexity index is 658. The van der Waals surface area contributed by atoms with Crippen molar-refractivity contribution in [1.82, 2.24) is 20.4 Å². The summed E-state index contributed by atoms with van der Waals surface area (Å²) in [6.07, 6.45) is 9.31. The van der Waals surface area contributed by atoms with Crippen molar-refractivity contribution >= 4 is 11.7 Å². The molecular weight excluding hydrogens is 350 g/mol. The second kappa shape index (κ2) is 8.36. The average molecular weight is 386 g/mol. The lowest BCUT2D eigenvalue weighted by molar-refractivity contribution is 0.0236. The first kappa shape index (κ1) is 19.6. The minimum Gasteiger partial charge on any atom is -0.353 e. The maximum atomic E-state index is 13.0. The maximum absolute atomic E-state index is 13.0. The van der Waals surface area contributed by atoms with E-state index in [1.54, 1.807) is 0 Å². The van der Waals surface area contributed by atoms with Gasteiger partial charge in [0, 0.05) is 39.8 Å². The van der Waals surface area contributed by atoms with Crippen LogP contribution in [0.15, 0.2) is 12.1 Å². The first-order chi connectivity index (χ1) is 13.6. The molecule has 1 N–H and O–H groups in total. The number of carbonyl (C=O) groups excluding carboxylic acids is 1. The molecule has 6 nitrogen and oxygen atoms in total. The fraction of sp³-hybridized carbons (Fsp3) is 0.773. The lowest BCUT2D eigenvalue weighted by atomic mass is 9.59. The molecule has 3 fully saturated rings. The van der Waals surface area contributed by atoms with Crippen molar-refractivity contribution in [2.24, 2.45) is 17.3 Å². The summed E-state index contributed by atoms with van der Waals surface area (Å²) < 4.78 is 0. The Morgan fingerprint density at radius 2 is 1.93 bits per heavy atom. The molecule has 3 aliphatic rings. The summed E-state index contributed by atoms with van der Waals surface area (Å²) in [6, 6.07) is 3.79. The van der Waals surface area contributed by atoms with E-state index in [9.17, 15) is 4.79 Å². The number of piperazine rings is 1. The fourth-order valence-electron chi connectivity index (χ4n) is 5.88. The normalized spacial score (nSPS) is 30.1. The van der Waals surface area contributed by atoms with Gasteiger partial charge in [-0.05, 0) is 55.1 Å². The third-order valence-electron chi connectivity index (χ3n) is 7.31. The number of anilines is 1. The SMILES string of the molecule is CCC1(CN(C)C(=O)c2ccc(N3CCNCC3)nn2)CC2CCCC(C2)C1. The van der Waals surface area contributed by atoms with E-state index in [0.29, 0.717) is 5.69 Å².